The summed E-state index contributed by atoms with van der Waals surface area (Å²) in [5.74, 6) is -0.854. The minimum Gasteiger partial charge on any atom is -0.489 e. The van der Waals surface area contributed by atoms with Crippen molar-refractivity contribution in [3.63, 3.8) is 0 Å². The lowest BCUT2D eigenvalue weighted by molar-refractivity contribution is -0.164. The van der Waals surface area contributed by atoms with Crippen molar-refractivity contribution >= 4 is 46.6 Å². The van der Waals surface area contributed by atoms with Crippen LogP contribution in [0.15, 0.2) is 72.2 Å². The third-order valence-corrected chi connectivity index (χ3v) is 14.5. The summed E-state index contributed by atoms with van der Waals surface area (Å²) in [6.07, 6.45) is -0.290. The summed E-state index contributed by atoms with van der Waals surface area (Å²) in [5, 5.41) is 29.2. The second kappa shape index (κ2) is 21.7. The van der Waals surface area contributed by atoms with Gasteiger partial charge in [-0.25, -0.2) is 4.98 Å². The molecule has 1 saturated heterocycles. The highest BCUT2D eigenvalue weighted by Gasteiger charge is 2.64. The molecule has 14 nitrogen and oxygen atoms in total. The lowest BCUT2D eigenvalue weighted by atomic mass is 9.49. The minimum atomic E-state index is -1.06. The van der Waals surface area contributed by atoms with E-state index in [2.05, 4.69) is 59.6 Å². The number of aliphatic hydroxyl groups is 1. The number of β-amino-alcohol motifs (C(OH)–C–C–N with tert-alkyl or cyclic N) is 1. The van der Waals surface area contributed by atoms with Crippen LogP contribution in [-0.2, 0) is 25.5 Å². The second-order valence-corrected chi connectivity index (χ2v) is 20.4. The van der Waals surface area contributed by atoms with E-state index >= 15 is 0 Å². The normalized spacial score (nSPS) is 20.8. The van der Waals surface area contributed by atoms with Crippen molar-refractivity contribution < 1.29 is 33.8 Å². The van der Waals surface area contributed by atoms with Crippen molar-refractivity contribution in [2.75, 3.05) is 33.3 Å². The number of likely N-dealkylation sites (tertiary alicyclic amines) is 1. The fourth-order valence-corrected chi connectivity index (χ4v) is 10.8. The Morgan fingerprint density at radius 1 is 1.01 bits per heavy atom. The molecule has 6 rings (SSSR count). The number of halogens is 1. The molecule has 0 unspecified atom stereocenters. The van der Waals surface area contributed by atoms with Crippen molar-refractivity contribution in [3.05, 3.63) is 105 Å². The fourth-order valence-electron chi connectivity index (χ4n) is 9.74. The molecule has 1 aliphatic carbocycles. The highest BCUT2D eigenvalue weighted by atomic mass is 35.5. The van der Waals surface area contributed by atoms with Crippen LogP contribution < -0.4 is 20.7 Å². The van der Waals surface area contributed by atoms with Gasteiger partial charge in [-0.2, -0.15) is 5.26 Å². The van der Waals surface area contributed by atoms with Gasteiger partial charge in [0.15, 0.2) is 0 Å². The molecule has 67 heavy (non-hydrogen) atoms. The van der Waals surface area contributed by atoms with Gasteiger partial charge in [0.25, 0.3) is 5.91 Å². The number of carbonyl (C=O) groups excluding carboxylic acids is 4. The molecule has 0 spiro atoms. The van der Waals surface area contributed by atoms with E-state index < -0.39 is 36.1 Å². The lowest BCUT2D eigenvalue weighted by Gasteiger charge is -2.63. The minimum absolute atomic E-state index is 0.0371. The van der Waals surface area contributed by atoms with Gasteiger partial charge >= 0.3 is 0 Å². The van der Waals surface area contributed by atoms with E-state index in [0.29, 0.717) is 41.5 Å². The first-order chi connectivity index (χ1) is 31.7. The number of aromatic nitrogens is 1. The van der Waals surface area contributed by atoms with Gasteiger partial charge in [0.05, 0.1) is 44.9 Å². The first-order valence-electron chi connectivity index (χ1n) is 22.8. The molecule has 0 bridgehead atoms. The monoisotopic (exact) mass is 953 g/mol. The number of thiazole rings is 1. The molecular weight excluding hydrogens is 890 g/mol. The smallest absolute Gasteiger partial charge is 0.251 e. The summed E-state index contributed by atoms with van der Waals surface area (Å²) in [6, 6.07) is 20.2. The number of benzene rings is 3. The molecule has 2 heterocycles. The predicted octanol–water partition coefficient (Wildman–Crippen LogP) is 6.87. The number of hydrogen-bond donors (Lipinski definition) is 4. The number of aliphatic hydroxyl groups excluding tert-OH is 1. The fraction of sp³-hybridized carbons (Fsp3) is 0.490. The zero-order valence-corrected chi connectivity index (χ0v) is 41.5. The summed E-state index contributed by atoms with van der Waals surface area (Å²) in [5.41, 5.74) is 6.00. The third-order valence-electron chi connectivity index (χ3n) is 13.2. The number of carbonyl (C=O) groups is 4. The van der Waals surface area contributed by atoms with Crippen molar-refractivity contribution in [2.45, 2.75) is 117 Å². The highest BCUT2D eigenvalue weighted by Crippen LogP contribution is 2.55. The van der Waals surface area contributed by atoms with Crippen LogP contribution in [0.4, 0.5) is 0 Å². The third kappa shape index (κ3) is 12.0. The number of hydrogen-bond acceptors (Lipinski definition) is 11. The molecule has 0 radical (unpaired) electrons. The summed E-state index contributed by atoms with van der Waals surface area (Å²) >= 11 is 7.82. The van der Waals surface area contributed by atoms with Gasteiger partial charge in [-0.1, -0.05) is 75.7 Å². The number of nitrogens with zero attached hydrogens (tertiary/aromatic N) is 4. The van der Waals surface area contributed by atoms with Crippen LogP contribution in [0.3, 0.4) is 0 Å². The Kier molecular flexibility index (Phi) is 16.5. The molecule has 4 amide bonds. The van der Waals surface area contributed by atoms with Crippen molar-refractivity contribution in [1.29, 1.82) is 5.26 Å². The van der Waals surface area contributed by atoms with Crippen molar-refractivity contribution in [1.82, 2.24) is 30.7 Å². The quantitative estimate of drug-likeness (QED) is 0.0724. The first kappa shape index (κ1) is 51.0. The Labute approximate surface area is 403 Å². The van der Waals surface area contributed by atoms with Crippen molar-refractivity contribution in [2.24, 2.45) is 10.8 Å². The standard InChI is InChI=1S/C51H64ClN7O7S/c1-30(35-15-17-36(18-16-35)44-31(2)54-29-67-44)55-46(63)42-25-39(61)28-59(42)47(64)43(56-33(4)60)32(3)65-24-10-22-58(9)23-21-34-11-13-37(14-12-34)45(62)57-48-50(5,6)49(51(48,7)8)66-40-20-19-38(27-53)41(52)26-40/h11-20,26,29-30,32,39,42-43,48-49,61H,10,21-25,28H2,1-9H3,(H,55,63)(H,56,60)(H,57,62)/t30-,32+,39+,42-,43-,48?,49?/m0/s1. The number of amides is 4. The van der Waals surface area contributed by atoms with E-state index in [4.69, 9.17) is 21.1 Å². The Bertz CT molecular complexity index is 2420. The SMILES string of the molecule is CC(=O)N[C@H](C(=O)N1C[C@H](O)C[C@H]1C(=O)N[C@@H](C)c1ccc(-c2scnc2C)cc1)[C@@H](C)OCCCN(C)CCc1ccc(C(=O)NC2C(C)(C)C(Oc3ccc(C#N)c(Cl)c3)C2(C)C)cc1. The van der Waals surface area contributed by atoms with E-state index in [-0.39, 0.29) is 53.8 Å². The molecule has 1 saturated carbocycles. The molecule has 3 aromatic carbocycles. The zero-order chi connectivity index (χ0) is 48.8. The van der Waals surface area contributed by atoms with Crippen LogP contribution in [0.25, 0.3) is 10.4 Å². The lowest BCUT2D eigenvalue weighted by Crippen LogP contribution is -2.74. The average Bonchev–Trinajstić information content (AvgIpc) is 3.91. The van der Waals surface area contributed by atoms with E-state index in [0.717, 1.165) is 40.2 Å². The van der Waals surface area contributed by atoms with Gasteiger partial charge in [0.2, 0.25) is 17.7 Å². The molecule has 4 N–H and O–H groups in total. The van der Waals surface area contributed by atoms with Gasteiger partial charge in [0.1, 0.15) is 30.0 Å². The van der Waals surface area contributed by atoms with Gasteiger partial charge in [-0.05, 0) is 81.6 Å². The molecule has 358 valence electrons. The van der Waals surface area contributed by atoms with Crippen LogP contribution >= 0.6 is 22.9 Å². The molecule has 2 fully saturated rings. The maximum Gasteiger partial charge on any atom is 0.251 e. The largest absolute Gasteiger partial charge is 0.489 e. The van der Waals surface area contributed by atoms with Crippen LogP contribution in [0.1, 0.15) is 100 Å². The van der Waals surface area contributed by atoms with Crippen molar-refractivity contribution in [3.8, 4) is 22.3 Å². The van der Waals surface area contributed by atoms with Crippen LogP contribution in [0.2, 0.25) is 5.02 Å². The number of likely N-dealkylation sites (N-methyl/N-ethyl adjacent to an activating group) is 1. The van der Waals surface area contributed by atoms with E-state index in [9.17, 15) is 29.5 Å². The molecule has 16 heteroatoms. The van der Waals surface area contributed by atoms with Crippen LogP contribution in [-0.4, -0.2) is 113 Å². The van der Waals surface area contributed by atoms with Crippen LogP contribution in [0.5, 0.6) is 5.75 Å². The number of aryl methyl sites for hydroxylation is 1. The zero-order valence-electron chi connectivity index (χ0n) is 39.9. The molecule has 1 aromatic heterocycles. The highest BCUT2D eigenvalue weighted by molar-refractivity contribution is 7.13. The topological polar surface area (TPSA) is 186 Å². The first-order valence-corrected chi connectivity index (χ1v) is 24.1. The summed E-state index contributed by atoms with van der Waals surface area (Å²) < 4.78 is 12.5. The molecule has 2 aliphatic rings. The number of nitriles is 1. The molecule has 1 aliphatic heterocycles. The Morgan fingerprint density at radius 2 is 1.70 bits per heavy atom. The molecular formula is C51H64ClN7O7S. The Balaban J connectivity index is 0.938. The summed E-state index contributed by atoms with van der Waals surface area (Å²) in [6.45, 7) is 17.0. The predicted molar refractivity (Wildman–Crippen MR) is 260 cm³/mol. The average molecular weight is 955 g/mol. The van der Waals surface area contributed by atoms with E-state index in [1.165, 1.54) is 11.8 Å². The summed E-state index contributed by atoms with van der Waals surface area (Å²) in [7, 11) is 2.02. The second-order valence-electron chi connectivity index (χ2n) is 19.2. The Hall–Kier alpha value is -5.37. The number of ether oxygens (including phenoxy) is 2. The molecule has 4 aromatic rings. The maximum absolute atomic E-state index is 14.0. The van der Waals surface area contributed by atoms with Gasteiger partial charge < -0.3 is 40.3 Å². The summed E-state index contributed by atoms with van der Waals surface area (Å²) in [4.78, 5) is 62.4. The number of nitrogens with one attached hydrogen (secondary N) is 3. The van der Waals surface area contributed by atoms with Gasteiger partial charge in [-0.15, -0.1) is 11.3 Å². The van der Waals surface area contributed by atoms with Gasteiger partial charge in [0, 0.05) is 68.1 Å². The maximum atomic E-state index is 14.0. The van der Waals surface area contributed by atoms with Gasteiger partial charge in [-0.3, -0.25) is 19.2 Å². The van der Waals surface area contributed by atoms with Crippen LogP contribution in [0, 0.1) is 29.1 Å². The van der Waals surface area contributed by atoms with E-state index in [1.807, 2.05) is 74.9 Å². The Morgan fingerprint density at radius 3 is 2.31 bits per heavy atom. The molecule has 5 atom stereocenters. The van der Waals surface area contributed by atoms with E-state index in [1.54, 1.807) is 36.5 Å². The number of rotatable bonds is 19.